The van der Waals surface area contributed by atoms with Gasteiger partial charge < -0.3 is 4.57 Å². The van der Waals surface area contributed by atoms with E-state index in [1.54, 1.807) is 12.5 Å². The second-order valence-electron chi connectivity index (χ2n) is 1.38. The van der Waals surface area contributed by atoms with Crippen molar-refractivity contribution < 1.29 is 0 Å². The lowest BCUT2D eigenvalue weighted by molar-refractivity contribution is 1.18. The smallest absolute Gasteiger partial charge is 0.0990 e. The van der Waals surface area contributed by atoms with E-state index in [1.165, 1.54) is 11.4 Å². The third kappa shape index (κ3) is 1.20. The third-order valence-corrected chi connectivity index (χ3v) is 1.27. The molecule has 0 aliphatic rings. The summed E-state index contributed by atoms with van der Waals surface area (Å²) in [5.41, 5.74) is 2.03. The van der Waals surface area contributed by atoms with Crippen LogP contribution in [-0.4, -0.2) is 21.3 Å². The molecule has 0 aromatic carbocycles. The summed E-state index contributed by atoms with van der Waals surface area (Å²) in [6, 6.07) is 0. The van der Waals surface area contributed by atoms with Crippen LogP contribution in [0.5, 0.6) is 0 Å². The highest BCUT2D eigenvalue weighted by molar-refractivity contribution is 7.96. The SMILES string of the molecule is C[SH]=Cn1ccnc1. The van der Waals surface area contributed by atoms with Crippen LogP contribution in [0.3, 0.4) is 0 Å². The Balaban J connectivity index is 2.77. The third-order valence-electron chi connectivity index (χ3n) is 0.774. The van der Waals surface area contributed by atoms with Crippen molar-refractivity contribution in [3.05, 3.63) is 18.7 Å². The molecule has 0 spiro atoms. The van der Waals surface area contributed by atoms with Gasteiger partial charge in [0.15, 0.2) is 0 Å². The molecule has 1 heterocycles. The molecule has 1 rings (SSSR count). The van der Waals surface area contributed by atoms with Gasteiger partial charge in [-0.25, -0.2) is 4.98 Å². The van der Waals surface area contributed by atoms with E-state index in [2.05, 4.69) is 11.2 Å². The molecule has 3 heteroatoms. The lowest BCUT2D eigenvalue weighted by Gasteiger charge is -1.83. The molecule has 0 unspecified atom stereocenters. The van der Waals surface area contributed by atoms with Crippen molar-refractivity contribution in [2.45, 2.75) is 0 Å². The monoisotopic (exact) mass is 128 g/mol. The highest BCUT2D eigenvalue weighted by Gasteiger charge is 1.75. The van der Waals surface area contributed by atoms with E-state index in [1.807, 2.05) is 16.3 Å². The van der Waals surface area contributed by atoms with Crippen LogP contribution >= 0.6 is 11.4 Å². The molecule has 44 valence electrons. The summed E-state index contributed by atoms with van der Waals surface area (Å²) < 4.78 is 1.93. The summed E-state index contributed by atoms with van der Waals surface area (Å²) >= 11 is 1.25. The Morgan fingerprint density at radius 2 is 2.62 bits per heavy atom. The molecule has 0 saturated heterocycles. The minimum absolute atomic E-state index is 1.25. The fourth-order valence-corrected chi connectivity index (χ4v) is 0.874. The van der Waals surface area contributed by atoms with E-state index >= 15 is 0 Å². The molecule has 0 bridgehead atoms. The molecule has 1 aromatic rings. The van der Waals surface area contributed by atoms with Gasteiger partial charge in [0.2, 0.25) is 0 Å². The van der Waals surface area contributed by atoms with Gasteiger partial charge >= 0.3 is 0 Å². The second-order valence-corrected chi connectivity index (χ2v) is 2.13. The van der Waals surface area contributed by atoms with E-state index in [9.17, 15) is 0 Å². The lowest BCUT2D eigenvalue weighted by Crippen LogP contribution is -1.85. The zero-order valence-electron chi connectivity index (χ0n) is 4.65. The van der Waals surface area contributed by atoms with E-state index in [-0.39, 0.29) is 0 Å². The molecule has 0 amide bonds. The molecule has 0 atom stereocenters. The Kier molecular flexibility index (Phi) is 1.86. The summed E-state index contributed by atoms with van der Waals surface area (Å²) in [5, 5.41) is 0. The number of rotatable bonds is 1. The van der Waals surface area contributed by atoms with Crippen LogP contribution in [0.15, 0.2) is 18.7 Å². The van der Waals surface area contributed by atoms with Gasteiger partial charge in [-0.15, -0.1) is 0 Å². The van der Waals surface area contributed by atoms with Crippen molar-refractivity contribution in [1.82, 2.24) is 9.55 Å². The molecule has 0 N–H and O–H groups in total. The van der Waals surface area contributed by atoms with Crippen molar-refractivity contribution in [3.63, 3.8) is 0 Å². The minimum Gasteiger partial charge on any atom is -0.308 e. The van der Waals surface area contributed by atoms with Crippen LogP contribution in [-0.2, 0) is 0 Å². The number of hydrogen-bond donors (Lipinski definition) is 1. The number of imidazole rings is 1. The van der Waals surface area contributed by atoms with Gasteiger partial charge in [0.25, 0.3) is 0 Å². The Hall–Kier alpha value is -0.570. The van der Waals surface area contributed by atoms with Crippen LogP contribution in [0.4, 0.5) is 0 Å². The maximum Gasteiger partial charge on any atom is 0.0990 e. The quantitative estimate of drug-likeness (QED) is 0.433. The van der Waals surface area contributed by atoms with Gasteiger partial charge in [-0.2, -0.15) is 11.4 Å². The van der Waals surface area contributed by atoms with Crippen LogP contribution < -0.4 is 0 Å². The van der Waals surface area contributed by atoms with Crippen molar-refractivity contribution >= 4 is 16.8 Å². The molecule has 1 aromatic heterocycles. The zero-order chi connectivity index (χ0) is 5.82. The molecular weight excluding hydrogens is 120 g/mol. The van der Waals surface area contributed by atoms with Crippen molar-refractivity contribution in [1.29, 1.82) is 0 Å². The zero-order valence-corrected chi connectivity index (χ0v) is 5.55. The predicted molar refractivity (Wildman–Crippen MR) is 38.6 cm³/mol. The number of aromatic nitrogens is 2. The highest BCUT2D eigenvalue weighted by atomic mass is 32.1. The standard InChI is InChI=1S/C5H8N2S/c1-8-5-7-3-2-6-4-7/h2-5,8H,1H3. The predicted octanol–water partition coefficient (Wildman–Crippen LogP) is 0.586. The molecule has 0 aliphatic carbocycles. The lowest BCUT2D eigenvalue weighted by atomic mass is 10.9. The molecule has 0 fully saturated rings. The number of nitrogens with zero attached hydrogens (tertiary/aromatic N) is 2. The summed E-state index contributed by atoms with van der Waals surface area (Å²) in [7, 11) is 0. The minimum atomic E-state index is 1.25. The van der Waals surface area contributed by atoms with E-state index < -0.39 is 0 Å². The van der Waals surface area contributed by atoms with Gasteiger partial charge in [-0.3, -0.25) is 0 Å². The maximum atomic E-state index is 3.87. The topological polar surface area (TPSA) is 17.8 Å². The average molecular weight is 128 g/mol. The van der Waals surface area contributed by atoms with Gasteiger partial charge in [-0.1, -0.05) is 0 Å². The molecule has 0 radical (unpaired) electrons. The number of hydrogen-bond acceptors (Lipinski definition) is 1. The fourth-order valence-electron chi connectivity index (χ4n) is 0.471. The first kappa shape index (κ1) is 5.56. The first-order chi connectivity index (χ1) is 3.93. The first-order valence-electron chi connectivity index (χ1n) is 2.33. The van der Waals surface area contributed by atoms with Crippen molar-refractivity contribution in [3.8, 4) is 0 Å². The van der Waals surface area contributed by atoms with Gasteiger partial charge in [0.1, 0.15) is 0 Å². The number of thiol groups is 1. The summed E-state index contributed by atoms with van der Waals surface area (Å²) in [4.78, 5) is 3.87. The molecule has 0 aliphatic heterocycles. The Bertz CT molecular complexity index is 167. The van der Waals surface area contributed by atoms with E-state index in [0.717, 1.165) is 0 Å². The van der Waals surface area contributed by atoms with Crippen LogP contribution in [0.1, 0.15) is 0 Å². The van der Waals surface area contributed by atoms with Gasteiger partial charge in [0.05, 0.1) is 6.33 Å². The Morgan fingerprint density at radius 3 is 3.12 bits per heavy atom. The molecular formula is C5H8N2S. The van der Waals surface area contributed by atoms with Crippen LogP contribution in [0.2, 0.25) is 0 Å². The summed E-state index contributed by atoms with van der Waals surface area (Å²) in [6.45, 7) is 0. The van der Waals surface area contributed by atoms with Crippen molar-refractivity contribution in [2.24, 2.45) is 0 Å². The average Bonchev–Trinajstić information content (AvgIpc) is 2.19. The van der Waals surface area contributed by atoms with Crippen LogP contribution in [0.25, 0.3) is 0 Å². The van der Waals surface area contributed by atoms with Gasteiger partial charge in [-0.05, 0) is 6.26 Å². The molecule has 8 heavy (non-hydrogen) atoms. The maximum absolute atomic E-state index is 3.87. The van der Waals surface area contributed by atoms with E-state index in [4.69, 9.17) is 0 Å². The van der Waals surface area contributed by atoms with Gasteiger partial charge in [0, 0.05) is 17.9 Å². The Morgan fingerprint density at radius 1 is 1.75 bits per heavy atom. The first-order valence-corrected chi connectivity index (χ1v) is 3.74. The largest absolute Gasteiger partial charge is 0.308 e. The summed E-state index contributed by atoms with van der Waals surface area (Å²) in [5.74, 6) is 0. The summed E-state index contributed by atoms with van der Waals surface area (Å²) in [6.07, 6.45) is 7.52. The molecule has 0 saturated carbocycles. The molecule has 2 nitrogen and oxygen atoms in total. The highest BCUT2D eigenvalue weighted by Crippen LogP contribution is 1.80. The normalized spacial score (nSPS) is 11.6. The van der Waals surface area contributed by atoms with E-state index in [0.29, 0.717) is 0 Å². The fraction of sp³-hybridized carbons (Fsp3) is 0.200. The van der Waals surface area contributed by atoms with Crippen LogP contribution in [0, 0.1) is 0 Å². The van der Waals surface area contributed by atoms with Crippen molar-refractivity contribution in [2.75, 3.05) is 6.26 Å². The second kappa shape index (κ2) is 2.67. The Labute approximate surface area is 52.1 Å².